The normalized spacial score (nSPS) is 11.0. The number of hydrogen-bond donors (Lipinski definition) is 2. The zero-order chi connectivity index (χ0) is 19.0. The maximum Gasteiger partial charge on any atom is 0.261 e. The van der Waals surface area contributed by atoms with Crippen molar-refractivity contribution < 1.29 is 17.9 Å². The Morgan fingerprint density at radius 1 is 1.00 bits per heavy atom. The van der Waals surface area contributed by atoms with Crippen molar-refractivity contribution in [2.75, 3.05) is 18.4 Å². The monoisotopic (exact) mass is 376 g/mol. The van der Waals surface area contributed by atoms with Crippen LogP contribution in [0.3, 0.4) is 0 Å². The highest BCUT2D eigenvalue weighted by molar-refractivity contribution is 7.92. The molecule has 7 heteroatoms. The smallest absolute Gasteiger partial charge is 0.261 e. The largest absolute Gasteiger partial charge is 0.497 e. The molecule has 0 unspecified atom stereocenters. The van der Waals surface area contributed by atoms with Crippen LogP contribution in [-0.4, -0.2) is 28.0 Å². The van der Waals surface area contributed by atoms with Crippen molar-refractivity contribution >= 4 is 21.6 Å². The number of unbranched alkanes of at least 4 members (excludes halogenated alkanes) is 2. The summed E-state index contributed by atoms with van der Waals surface area (Å²) in [7, 11) is -2.18. The Kier molecular flexibility index (Phi) is 7.03. The molecule has 0 saturated heterocycles. The molecule has 0 atom stereocenters. The minimum atomic E-state index is -3.70. The Labute approximate surface area is 154 Å². The Hall–Kier alpha value is -2.54. The van der Waals surface area contributed by atoms with Crippen molar-refractivity contribution in [1.29, 1.82) is 0 Å². The van der Waals surface area contributed by atoms with Gasteiger partial charge in [-0.2, -0.15) is 0 Å². The van der Waals surface area contributed by atoms with Gasteiger partial charge in [0.25, 0.3) is 15.9 Å². The lowest BCUT2D eigenvalue weighted by Gasteiger charge is -2.10. The van der Waals surface area contributed by atoms with E-state index in [9.17, 15) is 13.2 Å². The van der Waals surface area contributed by atoms with Gasteiger partial charge in [0.2, 0.25) is 0 Å². The fourth-order valence-electron chi connectivity index (χ4n) is 2.34. The third-order valence-corrected chi connectivity index (χ3v) is 5.23. The van der Waals surface area contributed by atoms with Crippen LogP contribution in [0.1, 0.15) is 36.5 Å². The summed E-state index contributed by atoms with van der Waals surface area (Å²) in [5.74, 6) is 0.420. The van der Waals surface area contributed by atoms with Gasteiger partial charge in [-0.15, -0.1) is 0 Å². The molecule has 0 bridgehead atoms. The lowest BCUT2D eigenvalue weighted by Crippen LogP contribution is -2.24. The van der Waals surface area contributed by atoms with E-state index in [0.29, 0.717) is 23.5 Å². The summed E-state index contributed by atoms with van der Waals surface area (Å²) in [5, 5.41) is 2.85. The van der Waals surface area contributed by atoms with E-state index in [0.717, 1.165) is 19.3 Å². The number of hydrogen-bond acceptors (Lipinski definition) is 4. The van der Waals surface area contributed by atoms with Crippen LogP contribution in [-0.2, 0) is 10.0 Å². The first kappa shape index (κ1) is 19.8. The van der Waals surface area contributed by atoms with Crippen LogP contribution in [0.5, 0.6) is 5.75 Å². The highest BCUT2D eigenvalue weighted by Crippen LogP contribution is 2.19. The molecular weight excluding hydrogens is 352 g/mol. The van der Waals surface area contributed by atoms with E-state index >= 15 is 0 Å². The lowest BCUT2D eigenvalue weighted by molar-refractivity contribution is 0.0953. The second-order valence-electron chi connectivity index (χ2n) is 5.82. The number of ether oxygens (including phenoxy) is 1. The van der Waals surface area contributed by atoms with E-state index in [2.05, 4.69) is 17.0 Å². The maximum atomic E-state index is 12.4. The van der Waals surface area contributed by atoms with Gasteiger partial charge >= 0.3 is 0 Å². The molecule has 0 aliphatic heterocycles. The molecule has 6 nitrogen and oxygen atoms in total. The van der Waals surface area contributed by atoms with Gasteiger partial charge in [-0.1, -0.05) is 19.8 Å². The van der Waals surface area contributed by atoms with E-state index in [1.807, 2.05) is 0 Å². The molecule has 2 N–H and O–H groups in total. The highest BCUT2D eigenvalue weighted by Gasteiger charge is 2.14. The van der Waals surface area contributed by atoms with Crippen LogP contribution in [0.2, 0.25) is 0 Å². The number of nitrogens with one attached hydrogen (secondary N) is 2. The van der Waals surface area contributed by atoms with Gasteiger partial charge in [0.05, 0.1) is 12.0 Å². The summed E-state index contributed by atoms with van der Waals surface area (Å²) in [5.41, 5.74) is 0.886. The summed E-state index contributed by atoms with van der Waals surface area (Å²) in [6.07, 6.45) is 3.12. The zero-order valence-corrected chi connectivity index (χ0v) is 15.8. The summed E-state index contributed by atoms with van der Waals surface area (Å²) < 4.78 is 32.3. The quantitative estimate of drug-likeness (QED) is 0.657. The third-order valence-electron chi connectivity index (χ3n) is 3.83. The summed E-state index contributed by atoms with van der Waals surface area (Å²) in [6.45, 7) is 2.74. The second-order valence-corrected chi connectivity index (χ2v) is 7.50. The average Bonchev–Trinajstić information content (AvgIpc) is 2.65. The molecule has 0 aliphatic rings. The van der Waals surface area contributed by atoms with E-state index in [1.165, 1.54) is 19.2 Å². The van der Waals surface area contributed by atoms with Crippen molar-refractivity contribution in [3.05, 3.63) is 54.1 Å². The van der Waals surface area contributed by atoms with Gasteiger partial charge in [0.15, 0.2) is 0 Å². The van der Waals surface area contributed by atoms with Crippen LogP contribution in [0.4, 0.5) is 5.69 Å². The predicted molar refractivity (Wildman–Crippen MR) is 102 cm³/mol. The van der Waals surface area contributed by atoms with Crippen LogP contribution in [0, 0.1) is 0 Å². The van der Waals surface area contributed by atoms with Crippen LogP contribution < -0.4 is 14.8 Å². The number of anilines is 1. The molecule has 0 spiro atoms. The third kappa shape index (κ3) is 5.49. The predicted octanol–water partition coefficient (Wildman–Crippen LogP) is 3.42. The Morgan fingerprint density at radius 2 is 1.65 bits per heavy atom. The molecule has 0 radical (unpaired) electrons. The van der Waals surface area contributed by atoms with Gasteiger partial charge < -0.3 is 10.1 Å². The highest BCUT2D eigenvalue weighted by atomic mass is 32.2. The van der Waals surface area contributed by atoms with Gasteiger partial charge in [-0.05, 0) is 55.0 Å². The Bertz CT molecular complexity index is 816. The number of methoxy groups -OCH3 is 1. The fraction of sp³-hybridized carbons (Fsp3) is 0.316. The van der Waals surface area contributed by atoms with Crippen molar-refractivity contribution in [3.63, 3.8) is 0 Å². The Morgan fingerprint density at radius 3 is 2.23 bits per heavy atom. The van der Waals surface area contributed by atoms with E-state index in [4.69, 9.17) is 4.74 Å². The number of benzene rings is 2. The molecule has 0 aromatic heterocycles. The maximum absolute atomic E-state index is 12.4. The van der Waals surface area contributed by atoms with Gasteiger partial charge in [0.1, 0.15) is 5.75 Å². The van der Waals surface area contributed by atoms with E-state index in [-0.39, 0.29) is 10.8 Å². The first-order chi connectivity index (χ1) is 12.5. The second kappa shape index (κ2) is 9.24. The minimum Gasteiger partial charge on any atom is -0.497 e. The van der Waals surface area contributed by atoms with Crippen LogP contribution in [0.15, 0.2) is 53.4 Å². The average molecular weight is 376 g/mol. The van der Waals surface area contributed by atoms with Crippen LogP contribution in [0.25, 0.3) is 0 Å². The molecule has 2 rings (SSSR count). The number of rotatable bonds is 9. The molecule has 1 amide bonds. The number of amides is 1. The van der Waals surface area contributed by atoms with Crippen molar-refractivity contribution in [3.8, 4) is 5.75 Å². The summed E-state index contributed by atoms with van der Waals surface area (Å²) >= 11 is 0. The fourth-order valence-corrected chi connectivity index (χ4v) is 3.40. The minimum absolute atomic E-state index is 0.135. The number of carbonyl (C=O) groups is 1. The lowest BCUT2D eigenvalue weighted by atomic mass is 10.2. The summed E-state index contributed by atoms with van der Waals surface area (Å²) in [6, 6.07) is 12.5. The number of sulfonamides is 1. The zero-order valence-electron chi connectivity index (χ0n) is 15.0. The first-order valence-corrected chi connectivity index (χ1v) is 9.99. The van der Waals surface area contributed by atoms with Gasteiger partial charge in [-0.3, -0.25) is 9.52 Å². The summed E-state index contributed by atoms with van der Waals surface area (Å²) in [4.78, 5) is 12.2. The molecule has 0 fully saturated rings. The standard InChI is InChI=1S/C19H24N2O4S/c1-3-4-5-14-20-19(22)15-6-8-16(9-7-15)21-26(23,24)18-12-10-17(25-2)11-13-18/h6-13,21H,3-5,14H2,1-2H3,(H,20,22). The molecule has 140 valence electrons. The molecule has 2 aromatic carbocycles. The Balaban J connectivity index is 2.00. The SMILES string of the molecule is CCCCCNC(=O)c1ccc(NS(=O)(=O)c2ccc(OC)cc2)cc1. The van der Waals surface area contributed by atoms with Crippen LogP contribution >= 0.6 is 0 Å². The topological polar surface area (TPSA) is 84.5 Å². The molecular formula is C19H24N2O4S. The molecule has 2 aromatic rings. The molecule has 0 aliphatic carbocycles. The van der Waals surface area contributed by atoms with Crippen molar-refractivity contribution in [2.24, 2.45) is 0 Å². The molecule has 26 heavy (non-hydrogen) atoms. The molecule has 0 heterocycles. The van der Waals surface area contributed by atoms with E-state index < -0.39 is 10.0 Å². The van der Waals surface area contributed by atoms with E-state index in [1.54, 1.807) is 36.4 Å². The van der Waals surface area contributed by atoms with Gasteiger partial charge in [-0.25, -0.2) is 8.42 Å². The van der Waals surface area contributed by atoms with Crippen molar-refractivity contribution in [1.82, 2.24) is 5.32 Å². The van der Waals surface area contributed by atoms with Crippen molar-refractivity contribution in [2.45, 2.75) is 31.1 Å². The molecule has 0 saturated carbocycles. The van der Waals surface area contributed by atoms with Gasteiger partial charge in [0, 0.05) is 17.8 Å². The number of carbonyl (C=O) groups excluding carboxylic acids is 1. The first-order valence-electron chi connectivity index (χ1n) is 8.51.